The molecule has 1 saturated carbocycles. The van der Waals surface area contributed by atoms with Crippen molar-refractivity contribution in [2.24, 2.45) is 0 Å². The molecule has 0 nitrogen and oxygen atoms in total. The standard InChI is InChI=1S/C6H11.C2H3.Mg/c1-2-4-6-5-3-1;1-2;/h1H,2-6H2;1H,2H2;. The minimum Gasteiger partial charge on any atom is -0.214 e. The topological polar surface area (TPSA) is 0 Å². The van der Waals surface area contributed by atoms with Crippen LogP contribution < -0.4 is 0 Å². The van der Waals surface area contributed by atoms with Crippen molar-refractivity contribution in [3.63, 3.8) is 0 Å². The summed E-state index contributed by atoms with van der Waals surface area (Å²) < 4.78 is 3.33. The van der Waals surface area contributed by atoms with Gasteiger partial charge in [0.15, 0.2) is 0 Å². The fourth-order valence-corrected chi connectivity index (χ4v) is 3.18. The van der Waals surface area contributed by atoms with Crippen LogP contribution in [0, 0.1) is 0 Å². The molecule has 0 aromatic heterocycles. The Kier molecular flexibility index (Phi) is 3.67. The number of hydrogen-bond acceptors (Lipinski definition) is 0. The van der Waals surface area contributed by atoms with Crippen molar-refractivity contribution >= 4 is 20.4 Å². The molecule has 0 heterocycles. The van der Waals surface area contributed by atoms with Gasteiger partial charge in [-0.15, -0.1) is 10.6 Å². The molecule has 9 heavy (non-hydrogen) atoms. The zero-order valence-electron chi connectivity index (χ0n) is 6.10. The monoisotopic (exact) mass is 134 g/mol. The highest BCUT2D eigenvalue weighted by Gasteiger charge is 2.12. The van der Waals surface area contributed by atoms with Crippen molar-refractivity contribution in [2.45, 2.75) is 36.2 Å². The van der Waals surface area contributed by atoms with Gasteiger partial charge in [-0.2, -0.15) is 0 Å². The van der Waals surface area contributed by atoms with Crippen LogP contribution in [0.1, 0.15) is 32.1 Å². The SMILES string of the molecule is C=[CH][Mg][CH]1CCCCC1. The van der Waals surface area contributed by atoms with Crippen molar-refractivity contribution in [3.8, 4) is 0 Å². The van der Waals surface area contributed by atoms with E-state index in [9.17, 15) is 0 Å². The Morgan fingerprint density at radius 1 is 1.22 bits per heavy atom. The Morgan fingerprint density at radius 3 is 2.44 bits per heavy atom. The van der Waals surface area contributed by atoms with Gasteiger partial charge in [-0.25, -0.2) is 4.21 Å². The summed E-state index contributed by atoms with van der Waals surface area (Å²) in [6.07, 6.45) is 7.50. The zero-order valence-corrected chi connectivity index (χ0v) is 7.52. The normalized spacial score (nSPS) is 20.9. The van der Waals surface area contributed by atoms with E-state index in [2.05, 4.69) is 10.8 Å². The lowest BCUT2D eigenvalue weighted by molar-refractivity contribution is 0.502. The summed E-state index contributed by atoms with van der Waals surface area (Å²) in [4.78, 5) is 0. The number of rotatable bonds is 2. The van der Waals surface area contributed by atoms with Crippen molar-refractivity contribution in [1.29, 1.82) is 0 Å². The summed E-state index contributed by atoms with van der Waals surface area (Å²) in [7, 11) is 0. The van der Waals surface area contributed by atoms with E-state index < -0.39 is 0 Å². The summed E-state index contributed by atoms with van der Waals surface area (Å²) in [6.45, 7) is 3.82. The predicted octanol–water partition coefficient (Wildman–Crippen LogP) is 2.59. The van der Waals surface area contributed by atoms with Gasteiger partial charge in [0, 0.05) is 0 Å². The molecular weight excluding hydrogens is 120 g/mol. The van der Waals surface area contributed by atoms with Crippen LogP contribution in [0.2, 0.25) is 4.05 Å². The highest BCUT2D eigenvalue weighted by molar-refractivity contribution is 6.43. The minimum atomic E-state index is 0.140. The third kappa shape index (κ3) is 2.72. The molecule has 1 aliphatic carbocycles. The molecule has 48 valence electrons. The lowest BCUT2D eigenvalue weighted by Gasteiger charge is -2.19. The maximum atomic E-state index is 3.82. The fraction of sp³-hybridized carbons (Fsp3) is 0.750. The van der Waals surface area contributed by atoms with E-state index >= 15 is 0 Å². The van der Waals surface area contributed by atoms with Crippen molar-refractivity contribution < 1.29 is 0 Å². The Bertz CT molecular complexity index is 82.6. The predicted molar refractivity (Wildman–Crippen MR) is 42.8 cm³/mol. The van der Waals surface area contributed by atoms with Crippen molar-refractivity contribution in [2.75, 3.05) is 0 Å². The van der Waals surface area contributed by atoms with Gasteiger partial charge in [0.05, 0.1) is 0 Å². The smallest absolute Gasteiger partial charge is 0.214 e. The molecule has 0 unspecified atom stereocenters. The Morgan fingerprint density at radius 2 is 1.89 bits per heavy atom. The quantitative estimate of drug-likeness (QED) is 0.509. The fourth-order valence-electron chi connectivity index (χ4n) is 1.66. The van der Waals surface area contributed by atoms with E-state index in [0.717, 1.165) is 4.05 Å². The first kappa shape index (κ1) is 7.61. The molecule has 0 bridgehead atoms. The second-order valence-electron chi connectivity index (χ2n) is 3.03. The molecular formula is C8H14Mg. The molecule has 1 fully saturated rings. The molecule has 1 aliphatic rings. The van der Waals surface area contributed by atoms with Crippen molar-refractivity contribution in [3.05, 3.63) is 10.8 Å². The van der Waals surface area contributed by atoms with E-state index in [1.165, 1.54) is 32.1 Å². The number of hydrogen-bond donors (Lipinski definition) is 0. The van der Waals surface area contributed by atoms with E-state index in [-0.39, 0.29) is 20.4 Å². The summed E-state index contributed by atoms with van der Waals surface area (Å²) in [5.41, 5.74) is 0. The van der Waals surface area contributed by atoms with Gasteiger partial charge in [0.25, 0.3) is 0 Å². The van der Waals surface area contributed by atoms with E-state index in [4.69, 9.17) is 0 Å². The maximum Gasteiger partial charge on any atom is 0.400 e. The molecule has 0 spiro atoms. The first-order valence-corrected chi connectivity index (χ1v) is 5.67. The average Bonchev–Trinajstić information content (AvgIpc) is 1.91. The van der Waals surface area contributed by atoms with Gasteiger partial charge in [0.2, 0.25) is 0 Å². The molecule has 1 heteroatoms. The van der Waals surface area contributed by atoms with Gasteiger partial charge >= 0.3 is 20.4 Å². The van der Waals surface area contributed by atoms with Crippen molar-refractivity contribution in [1.82, 2.24) is 0 Å². The Balaban J connectivity index is 2.15. The van der Waals surface area contributed by atoms with Gasteiger partial charge in [-0.05, 0) is 0 Å². The molecule has 0 N–H and O–H groups in total. The van der Waals surface area contributed by atoms with Gasteiger partial charge < -0.3 is 0 Å². The summed E-state index contributed by atoms with van der Waals surface area (Å²) in [5, 5.41) is 0. The molecule has 0 aliphatic heterocycles. The third-order valence-electron chi connectivity index (χ3n) is 2.22. The summed E-state index contributed by atoms with van der Waals surface area (Å²) in [6, 6.07) is 0. The van der Waals surface area contributed by atoms with Crippen LogP contribution in [0.25, 0.3) is 0 Å². The van der Waals surface area contributed by atoms with E-state index in [1.54, 1.807) is 0 Å². The van der Waals surface area contributed by atoms with Crippen LogP contribution in [-0.4, -0.2) is 20.4 Å². The first-order chi connectivity index (χ1) is 4.43. The largest absolute Gasteiger partial charge is 0.400 e. The second-order valence-corrected chi connectivity index (χ2v) is 5.23. The maximum absolute atomic E-state index is 3.82. The van der Waals surface area contributed by atoms with Crippen LogP contribution >= 0.6 is 0 Å². The highest BCUT2D eigenvalue weighted by Crippen LogP contribution is 2.27. The molecule has 0 radical (unpaired) electrons. The Labute approximate surface area is 67.4 Å². The van der Waals surface area contributed by atoms with E-state index in [0.29, 0.717) is 0 Å². The lowest BCUT2D eigenvalue weighted by Crippen LogP contribution is -2.05. The molecule has 0 aromatic rings. The lowest BCUT2D eigenvalue weighted by atomic mass is 10.00. The highest BCUT2D eigenvalue weighted by atomic mass is 24.5. The average molecular weight is 135 g/mol. The second kappa shape index (κ2) is 4.34. The molecule has 0 atom stereocenters. The van der Waals surface area contributed by atoms with E-state index in [1.807, 2.05) is 0 Å². The van der Waals surface area contributed by atoms with Crippen LogP contribution in [0.5, 0.6) is 0 Å². The summed E-state index contributed by atoms with van der Waals surface area (Å²) >= 11 is 0.140. The third-order valence-corrected chi connectivity index (χ3v) is 4.04. The first-order valence-electron chi connectivity index (χ1n) is 4.04. The van der Waals surface area contributed by atoms with Crippen LogP contribution in [0.15, 0.2) is 10.8 Å². The molecule has 0 aromatic carbocycles. The van der Waals surface area contributed by atoms with Gasteiger partial charge in [-0.3, -0.25) is 0 Å². The molecule has 1 rings (SSSR count). The van der Waals surface area contributed by atoms with Gasteiger partial charge in [0.1, 0.15) is 0 Å². The molecule has 0 amide bonds. The summed E-state index contributed by atoms with van der Waals surface area (Å²) in [5.74, 6) is 0. The zero-order chi connectivity index (χ0) is 6.53. The van der Waals surface area contributed by atoms with Crippen LogP contribution in [0.3, 0.4) is 0 Å². The minimum absolute atomic E-state index is 0.140. The van der Waals surface area contributed by atoms with Crippen LogP contribution in [-0.2, 0) is 0 Å². The Hall–Kier alpha value is 0.506. The van der Waals surface area contributed by atoms with Crippen LogP contribution in [0.4, 0.5) is 0 Å². The molecule has 0 saturated heterocycles. The van der Waals surface area contributed by atoms with Gasteiger partial charge in [-0.1, -0.05) is 32.1 Å².